The van der Waals surface area contributed by atoms with E-state index in [0.717, 1.165) is 57.9 Å². The Morgan fingerprint density at radius 2 is 2.00 bits per heavy atom. The SMILES string of the molecule is O=C1[N-][C@@H]2CC[C@@H](Cn3cc(CN4CCOCC4)nn3)N1C2.O=S(=O)([O-])O.[Na+]. The number of hydrogen-bond donors (Lipinski definition) is 1. The Kier molecular flexibility index (Phi) is 8.63. The van der Waals surface area contributed by atoms with Crippen LogP contribution in [0.15, 0.2) is 6.20 Å². The third kappa shape index (κ3) is 7.22. The van der Waals surface area contributed by atoms with E-state index in [0.29, 0.717) is 6.54 Å². The number of hydrogen-bond acceptors (Lipinski definition) is 8. The first-order valence-electron chi connectivity index (χ1n) is 8.67. The molecule has 3 saturated heterocycles. The molecule has 2 bridgehead atoms. The molecule has 0 unspecified atom stereocenters. The first-order chi connectivity index (χ1) is 12.8. The van der Waals surface area contributed by atoms with E-state index in [4.69, 9.17) is 22.3 Å². The quantitative estimate of drug-likeness (QED) is 0.293. The summed E-state index contributed by atoms with van der Waals surface area (Å²) in [5.41, 5.74) is 0.980. The second kappa shape index (κ2) is 10.3. The van der Waals surface area contributed by atoms with Gasteiger partial charge in [-0.15, -0.1) is 5.10 Å². The van der Waals surface area contributed by atoms with Crippen LogP contribution in [0, 0.1) is 0 Å². The summed E-state index contributed by atoms with van der Waals surface area (Å²) in [4.78, 5) is 16.0. The van der Waals surface area contributed by atoms with E-state index in [1.165, 1.54) is 0 Å². The molecule has 28 heavy (non-hydrogen) atoms. The van der Waals surface area contributed by atoms with Gasteiger partial charge < -0.3 is 19.5 Å². The topological polar surface area (TPSA) is 155 Å². The molecule has 3 aliphatic heterocycles. The van der Waals surface area contributed by atoms with Gasteiger partial charge in [-0.05, 0) is 25.0 Å². The molecule has 0 saturated carbocycles. The van der Waals surface area contributed by atoms with Crippen molar-refractivity contribution in [3.63, 3.8) is 0 Å². The Balaban J connectivity index is 0.000000420. The van der Waals surface area contributed by atoms with E-state index in [9.17, 15) is 4.79 Å². The Labute approximate surface area is 185 Å². The molecule has 14 heteroatoms. The summed E-state index contributed by atoms with van der Waals surface area (Å²) in [6, 6.07) is 0.366. The molecule has 152 valence electrons. The predicted molar refractivity (Wildman–Crippen MR) is 90.7 cm³/mol. The maximum Gasteiger partial charge on any atom is 1.00 e. The van der Waals surface area contributed by atoms with Crippen LogP contribution in [0.2, 0.25) is 0 Å². The number of carbonyl (C=O) groups excluding carboxylic acids is 1. The molecule has 0 aliphatic carbocycles. The molecule has 2 atom stereocenters. The van der Waals surface area contributed by atoms with Crippen LogP contribution >= 0.6 is 0 Å². The molecular weight excluding hydrogens is 403 g/mol. The minimum absolute atomic E-state index is 0. The van der Waals surface area contributed by atoms with Gasteiger partial charge in [0.2, 0.25) is 10.4 Å². The molecule has 0 aromatic carbocycles. The molecule has 0 spiro atoms. The molecule has 2 amide bonds. The number of ether oxygens (including phenoxy) is 1. The van der Waals surface area contributed by atoms with Gasteiger partial charge in [-0.3, -0.25) is 18.9 Å². The van der Waals surface area contributed by atoms with Gasteiger partial charge in [-0.2, -0.15) is 0 Å². The second-order valence-electron chi connectivity index (χ2n) is 6.70. The zero-order valence-electron chi connectivity index (χ0n) is 15.7. The van der Waals surface area contributed by atoms with Crippen molar-refractivity contribution in [3.8, 4) is 0 Å². The van der Waals surface area contributed by atoms with E-state index in [1.807, 2.05) is 15.8 Å². The smallest absolute Gasteiger partial charge is 0.726 e. The summed E-state index contributed by atoms with van der Waals surface area (Å²) in [6.45, 7) is 5.77. The van der Waals surface area contributed by atoms with Crippen molar-refractivity contribution in [1.29, 1.82) is 0 Å². The standard InChI is InChI=1S/C14H22N6O2.Na.H2O4S/c21-14-15-11-1-2-13(20(14)9-11)10-19-8-12(16-17-19)7-18-3-5-22-6-4-18;;1-5(2,3)4/h8,11,13H,1-7,9-10H2,(H,15,21);;(H2,1,2,3,4)/q;+1;/p-2/t11-,13+;;/m1../s1. The molecule has 3 fully saturated rings. The number of piperidine rings is 1. The van der Waals surface area contributed by atoms with Gasteiger partial charge in [-0.1, -0.05) is 11.6 Å². The molecule has 1 aromatic rings. The minimum atomic E-state index is -4.92. The van der Waals surface area contributed by atoms with E-state index >= 15 is 0 Å². The number of carbonyl (C=O) groups is 1. The summed E-state index contributed by atoms with van der Waals surface area (Å²) in [5, 5.41) is 12.6. The van der Waals surface area contributed by atoms with E-state index in [1.54, 1.807) is 0 Å². The van der Waals surface area contributed by atoms with Crippen LogP contribution in [0.3, 0.4) is 0 Å². The van der Waals surface area contributed by atoms with Crippen LogP contribution in [0.5, 0.6) is 0 Å². The number of urea groups is 1. The van der Waals surface area contributed by atoms with Crippen LogP contribution < -0.4 is 29.6 Å². The summed E-state index contributed by atoms with van der Waals surface area (Å²) in [5.74, 6) is 0. The van der Waals surface area contributed by atoms with Gasteiger partial charge in [0.05, 0.1) is 18.9 Å². The van der Waals surface area contributed by atoms with Gasteiger partial charge in [0.25, 0.3) is 0 Å². The second-order valence-corrected chi connectivity index (χ2v) is 7.55. The van der Waals surface area contributed by atoms with Crippen molar-refractivity contribution in [2.45, 2.75) is 38.0 Å². The third-order valence-corrected chi connectivity index (χ3v) is 4.69. The van der Waals surface area contributed by atoms with Crippen molar-refractivity contribution < 1.29 is 56.6 Å². The molecular formula is C14H22N6NaO6S-. The first kappa shape index (κ1) is 23.5. The Morgan fingerprint density at radius 1 is 1.32 bits per heavy atom. The predicted octanol–water partition coefficient (Wildman–Crippen LogP) is -3.54. The molecule has 1 N–H and O–H groups in total. The van der Waals surface area contributed by atoms with Crippen molar-refractivity contribution in [1.82, 2.24) is 24.8 Å². The third-order valence-electron chi connectivity index (χ3n) is 4.69. The number of aromatic nitrogens is 3. The Hall–Kier alpha value is -0.800. The van der Waals surface area contributed by atoms with Crippen molar-refractivity contribution in [2.24, 2.45) is 0 Å². The number of rotatable bonds is 4. The van der Waals surface area contributed by atoms with Crippen molar-refractivity contribution in [3.05, 3.63) is 17.2 Å². The zero-order chi connectivity index (χ0) is 19.4. The molecule has 0 radical (unpaired) electrons. The fourth-order valence-electron chi connectivity index (χ4n) is 3.47. The van der Waals surface area contributed by atoms with Crippen LogP contribution in [-0.4, -0.2) is 93.3 Å². The average molecular weight is 425 g/mol. The monoisotopic (exact) mass is 425 g/mol. The van der Waals surface area contributed by atoms with Crippen LogP contribution in [-0.2, 0) is 28.2 Å². The van der Waals surface area contributed by atoms with Crippen molar-refractivity contribution >= 4 is 16.4 Å². The molecule has 3 aliphatic rings. The summed E-state index contributed by atoms with van der Waals surface area (Å²) in [7, 11) is -4.92. The summed E-state index contributed by atoms with van der Waals surface area (Å²) in [6.07, 6.45) is 4.00. The van der Waals surface area contributed by atoms with Crippen LogP contribution in [0.4, 0.5) is 4.79 Å². The fourth-order valence-corrected chi connectivity index (χ4v) is 3.47. The zero-order valence-corrected chi connectivity index (χ0v) is 18.5. The maximum atomic E-state index is 11.8. The van der Waals surface area contributed by atoms with Crippen LogP contribution in [0.1, 0.15) is 18.5 Å². The van der Waals surface area contributed by atoms with Gasteiger partial charge in [0.1, 0.15) is 0 Å². The normalized spacial score (nSPS) is 24.8. The van der Waals surface area contributed by atoms with Gasteiger partial charge in [0, 0.05) is 32.4 Å². The largest absolute Gasteiger partial charge is 1.00 e. The van der Waals surface area contributed by atoms with E-state index in [-0.39, 0.29) is 47.7 Å². The maximum absolute atomic E-state index is 11.8. The van der Waals surface area contributed by atoms with E-state index < -0.39 is 10.4 Å². The fraction of sp³-hybridized carbons (Fsp3) is 0.786. The Bertz CT molecular complexity index is 747. The molecule has 1 aromatic heterocycles. The van der Waals surface area contributed by atoms with Gasteiger partial charge in [0.15, 0.2) is 6.03 Å². The van der Waals surface area contributed by atoms with Crippen LogP contribution in [0.25, 0.3) is 5.32 Å². The number of nitrogens with zero attached hydrogens (tertiary/aromatic N) is 6. The number of fused-ring (bicyclic) bond motifs is 2. The Morgan fingerprint density at radius 3 is 2.68 bits per heavy atom. The van der Waals surface area contributed by atoms with Gasteiger partial charge in [-0.25, -0.2) is 8.42 Å². The number of amides is 2. The average Bonchev–Trinajstić information content (AvgIpc) is 3.14. The van der Waals surface area contributed by atoms with Crippen molar-refractivity contribution in [2.75, 3.05) is 32.8 Å². The first-order valence-corrected chi connectivity index (χ1v) is 10.0. The summed E-state index contributed by atoms with van der Waals surface area (Å²) >= 11 is 0. The number of morpholine rings is 1. The van der Waals surface area contributed by atoms with Gasteiger partial charge >= 0.3 is 29.6 Å². The molecule has 12 nitrogen and oxygen atoms in total. The molecule has 4 heterocycles. The van der Waals surface area contributed by atoms with E-state index in [2.05, 4.69) is 20.5 Å². The summed E-state index contributed by atoms with van der Waals surface area (Å²) < 4.78 is 40.1. The minimum Gasteiger partial charge on any atom is -0.726 e. The molecule has 4 rings (SSSR count).